The molecule has 0 unspecified atom stereocenters. The third-order valence-electron chi connectivity index (χ3n) is 4.99. The first-order valence-corrected chi connectivity index (χ1v) is 9.94. The molecule has 2 nitrogen and oxygen atoms in total. The Morgan fingerprint density at radius 1 is 0.846 bits per heavy atom. The van der Waals surface area contributed by atoms with Gasteiger partial charge in [0.1, 0.15) is 0 Å². The zero-order valence-electron chi connectivity index (χ0n) is 15.1. The van der Waals surface area contributed by atoms with Crippen molar-refractivity contribution < 1.29 is 9.90 Å². The largest absolute Gasteiger partial charge is 0.479 e. The molecule has 2 aromatic carbocycles. The summed E-state index contributed by atoms with van der Waals surface area (Å²) in [6.07, 6.45) is 5.92. The number of hydrogen-bond acceptors (Lipinski definition) is 1. The van der Waals surface area contributed by atoms with Gasteiger partial charge in [-0.25, -0.2) is 4.79 Å². The molecule has 0 spiro atoms. The minimum Gasteiger partial charge on any atom is -0.479 e. The van der Waals surface area contributed by atoms with E-state index in [-0.39, 0.29) is 0 Å². The van der Waals surface area contributed by atoms with Crippen molar-refractivity contribution in [3.05, 3.63) is 71.8 Å². The van der Waals surface area contributed by atoms with E-state index < -0.39 is 15.7 Å². The van der Waals surface area contributed by atoms with Gasteiger partial charge in [-0.3, -0.25) is 0 Å². The second-order valence-electron chi connectivity index (χ2n) is 6.68. The zero-order valence-corrected chi connectivity index (χ0v) is 16.6. The van der Waals surface area contributed by atoms with Crippen molar-refractivity contribution in [3.8, 4) is 0 Å². The summed E-state index contributed by atoms with van der Waals surface area (Å²) in [6.45, 7) is 2.17. The lowest BCUT2D eigenvalue weighted by Gasteiger charge is -2.42. The molecule has 0 heterocycles. The van der Waals surface area contributed by atoms with Gasteiger partial charge in [-0.2, -0.15) is 0 Å². The number of aliphatic carboxylic acids is 1. The lowest BCUT2D eigenvalue weighted by molar-refractivity contribution is -0.139. The Kier molecular flexibility index (Phi) is 7.55. The van der Waals surface area contributed by atoms with Gasteiger partial charge in [0.05, 0.1) is 5.41 Å². The van der Waals surface area contributed by atoms with E-state index in [2.05, 4.69) is 6.92 Å². The van der Waals surface area contributed by atoms with Crippen LogP contribution in [0.25, 0.3) is 0 Å². The number of unbranched alkanes of at least 4 members (excludes halogenated alkanes) is 4. The predicted octanol–water partition coefficient (Wildman–Crippen LogP) is 6.59. The van der Waals surface area contributed by atoms with Crippen LogP contribution < -0.4 is 0 Å². The Balaban J connectivity index is 2.55. The Morgan fingerprint density at radius 3 is 1.73 bits per heavy atom. The number of carboxylic acids is 1. The lowest BCUT2D eigenvalue weighted by atomic mass is 9.68. The molecule has 0 aliphatic carbocycles. The summed E-state index contributed by atoms with van der Waals surface area (Å²) >= 11 is 13.1. The average molecular weight is 393 g/mol. The standard InChI is InChI=1S/C22H26Cl2O2/c1-2-3-4-5-12-17-21(22(23,24)20(25)26,18-13-8-6-9-14-18)19-15-10-7-11-16-19/h6-11,13-16H,2-5,12,17H2,1H3,(H,25,26). The lowest BCUT2D eigenvalue weighted by Crippen LogP contribution is -2.50. The third kappa shape index (κ3) is 4.24. The SMILES string of the molecule is CCCCCCCC(c1ccccc1)(c1ccccc1)C(Cl)(Cl)C(=O)O. The number of alkyl halides is 2. The van der Waals surface area contributed by atoms with Crippen molar-refractivity contribution in [2.24, 2.45) is 0 Å². The van der Waals surface area contributed by atoms with E-state index in [1.165, 1.54) is 6.42 Å². The molecule has 140 valence electrons. The van der Waals surface area contributed by atoms with E-state index in [4.69, 9.17) is 23.2 Å². The van der Waals surface area contributed by atoms with Gasteiger partial charge in [-0.05, 0) is 17.5 Å². The van der Waals surface area contributed by atoms with Gasteiger partial charge in [-0.15, -0.1) is 0 Å². The maximum absolute atomic E-state index is 12.1. The minimum atomic E-state index is -1.97. The number of carbonyl (C=O) groups is 1. The molecule has 0 saturated heterocycles. The fourth-order valence-electron chi connectivity index (χ4n) is 3.60. The molecule has 2 aromatic rings. The maximum Gasteiger partial charge on any atom is 0.341 e. The van der Waals surface area contributed by atoms with Crippen molar-refractivity contribution in [2.45, 2.75) is 55.2 Å². The van der Waals surface area contributed by atoms with Gasteiger partial charge in [0, 0.05) is 0 Å². The Bertz CT molecular complexity index is 644. The summed E-state index contributed by atoms with van der Waals surface area (Å²) in [4.78, 5) is 12.1. The van der Waals surface area contributed by atoms with Gasteiger partial charge in [0.2, 0.25) is 4.33 Å². The molecule has 0 aromatic heterocycles. The fourth-order valence-corrected chi connectivity index (χ4v) is 4.22. The first-order valence-electron chi connectivity index (χ1n) is 9.19. The monoisotopic (exact) mass is 392 g/mol. The number of benzene rings is 2. The Morgan fingerprint density at radius 2 is 1.31 bits per heavy atom. The van der Waals surface area contributed by atoms with E-state index in [0.29, 0.717) is 6.42 Å². The van der Waals surface area contributed by atoms with Crippen LogP contribution in [0.1, 0.15) is 56.6 Å². The molecular formula is C22H26Cl2O2. The second kappa shape index (κ2) is 9.43. The number of hydrogen-bond donors (Lipinski definition) is 1. The molecular weight excluding hydrogens is 367 g/mol. The molecule has 0 fully saturated rings. The first-order chi connectivity index (χ1) is 12.5. The van der Waals surface area contributed by atoms with Gasteiger partial charge in [0.25, 0.3) is 0 Å². The molecule has 0 amide bonds. The predicted molar refractivity (Wildman–Crippen MR) is 109 cm³/mol. The van der Waals surface area contributed by atoms with Crippen LogP contribution in [0.2, 0.25) is 0 Å². The Hall–Kier alpha value is -1.51. The third-order valence-corrected chi connectivity index (χ3v) is 5.96. The summed E-state index contributed by atoms with van der Waals surface area (Å²) in [5.74, 6) is -1.22. The molecule has 0 aliphatic rings. The van der Waals surface area contributed by atoms with Crippen molar-refractivity contribution in [3.63, 3.8) is 0 Å². The van der Waals surface area contributed by atoms with Gasteiger partial charge in [-0.1, -0.05) is 123 Å². The zero-order chi connectivity index (χ0) is 19.0. The highest BCUT2D eigenvalue weighted by Crippen LogP contribution is 2.51. The van der Waals surface area contributed by atoms with Crippen LogP contribution >= 0.6 is 23.2 Å². The van der Waals surface area contributed by atoms with Crippen LogP contribution in [0, 0.1) is 0 Å². The van der Waals surface area contributed by atoms with Crippen LogP contribution in [0.5, 0.6) is 0 Å². The van der Waals surface area contributed by atoms with E-state index in [0.717, 1.165) is 36.8 Å². The van der Waals surface area contributed by atoms with Crippen LogP contribution in [-0.2, 0) is 10.2 Å². The van der Waals surface area contributed by atoms with Crippen LogP contribution in [0.15, 0.2) is 60.7 Å². The van der Waals surface area contributed by atoms with E-state index >= 15 is 0 Å². The van der Waals surface area contributed by atoms with Gasteiger partial charge in [0.15, 0.2) is 0 Å². The summed E-state index contributed by atoms with van der Waals surface area (Å²) < 4.78 is -1.97. The number of halogens is 2. The highest BCUT2D eigenvalue weighted by Gasteiger charge is 2.56. The first kappa shape index (κ1) is 20.8. The van der Waals surface area contributed by atoms with Gasteiger partial charge >= 0.3 is 5.97 Å². The molecule has 0 saturated carbocycles. The van der Waals surface area contributed by atoms with Crippen molar-refractivity contribution >= 4 is 29.2 Å². The molecule has 0 bridgehead atoms. The average Bonchev–Trinajstić information content (AvgIpc) is 2.66. The number of carboxylic acid groups (broad SMARTS) is 1. The Labute approximate surface area is 166 Å². The minimum absolute atomic E-state index is 0.573. The van der Waals surface area contributed by atoms with E-state index in [9.17, 15) is 9.90 Å². The van der Waals surface area contributed by atoms with Crippen molar-refractivity contribution in [1.29, 1.82) is 0 Å². The molecule has 0 atom stereocenters. The molecule has 2 rings (SSSR count). The molecule has 0 aliphatic heterocycles. The molecule has 26 heavy (non-hydrogen) atoms. The van der Waals surface area contributed by atoms with Gasteiger partial charge < -0.3 is 5.11 Å². The van der Waals surface area contributed by atoms with Crippen LogP contribution in [-0.4, -0.2) is 15.4 Å². The normalized spacial score (nSPS) is 12.1. The smallest absolute Gasteiger partial charge is 0.341 e. The van der Waals surface area contributed by atoms with Crippen LogP contribution in [0.3, 0.4) is 0 Å². The highest BCUT2D eigenvalue weighted by atomic mass is 35.5. The van der Waals surface area contributed by atoms with Crippen molar-refractivity contribution in [2.75, 3.05) is 0 Å². The molecule has 1 N–H and O–H groups in total. The maximum atomic E-state index is 12.1. The van der Waals surface area contributed by atoms with Crippen molar-refractivity contribution in [1.82, 2.24) is 0 Å². The summed E-state index contributed by atoms with van der Waals surface area (Å²) in [5.41, 5.74) is 0.639. The molecule has 0 radical (unpaired) electrons. The quantitative estimate of drug-likeness (QED) is 0.365. The summed E-state index contributed by atoms with van der Waals surface area (Å²) in [6, 6.07) is 19.1. The van der Waals surface area contributed by atoms with E-state index in [1.807, 2.05) is 60.7 Å². The highest BCUT2D eigenvalue weighted by molar-refractivity contribution is 6.58. The molecule has 4 heteroatoms. The fraction of sp³-hybridized carbons (Fsp3) is 0.409. The number of rotatable bonds is 10. The van der Waals surface area contributed by atoms with Crippen LogP contribution in [0.4, 0.5) is 0 Å². The second-order valence-corrected chi connectivity index (χ2v) is 8.01. The summed E-state index contributed by atoms with van der Waals surface area (Å²) in [5, 5.41) is 9.88. The summed E-state index contributed by atoms with van der Waals surface area (Å²) in [7, 11) is 0. The van der Waals surface area contributed by atoms with E-state index in [1.54, 1.807) is 0 Å². The topological polar surface area (TPSA) is 37.3 Å².